The largest absolute Gasteiger partial charge is 0.308 e. The van der Waals surface area contributed by atoms with Gasteiger partial charge < -0.3 is 9.13 Å². The highest BCUT2D eigenvalue weighted by Gasteiger charge is 2.61. The first-order chi connectivity index (χ1) is 40.4. The number of benzene rings is 11. The van der Waals surface area contributed by atoms with Crippen LogP contribution in [-0.2, 0) is 21.7 Å². The maximum atomic E-state index is 12.3. The van der Waals surface area contributed by atoms with Crippen LogP contribution in [0, 0.1) is 28.1 Å². The second-order valence-corrected chi connectivity index (χ2v) is 25.6. The lowest BCUT2D eigenvalue weighted by Gasteiger charge is -2.45. The summed E-state index contributed by atoms with van der Waals surface area (Å²) in [4.78, 5) is 0. The van der Waals surface area contributed by atoms with Gasteiger partial charge in [-0.1, -0.05) is 224 Å². The first-order valence-corrected chi connectivity index (χ1v) is 29.2. The van der Waals surface area contributed by atoms with Crippen LogP contribution >= 0.6 is 0 Å². The molecule has 2 aromatic heterocycles. The summed E-state index contributed by atoms with van der Waals surface area (Å²) >= 11 is 0. The predicted molar refractivity (Wildman–Crippen MR) is 337 cm³/mol. The lowest BCUT2D eigenvalue weighted by atomic mass is 9.59. The van der Waals surface area contributed by atoms with Gasteiger partial charge in [-0.25, -0.2) is 0 Å². The Kier molecular flexibility index (Phi) is 8.61. The lowest BCUT2D eigenvalue weighted by molar-refractivity contribution is 0.125. The van der Waals surface area contributed by atoms with Gasteiger partial charge in [0.2, 0.25) is 0 Å². The maximum Gasteiger partial charge on any atom is 0.103 e. The summed E-state index contributed by atoms with van der Waals surface area (Å²) in [6, 6.07) is 86.8. The third-order valence-electron chi connectivity index (χ3n) is 22.1. The fourth-order valence-electron chi connectivity index (χ4n) is 17.6. The van der Waals surface area contributed by atoms with E-state index < -0.39 is 21.7 Å². The molecule has 390 valence electrons. The summed E-state index contributed by atoms with van der Waals surface area (Å²) in [5.74, 6) is 0. The van der Waals surface area contributed by atoms with Crippen LogP contribution in [0.25, 0.3) is 99.5 Å². The monoisotopic (exact) mass is 1060 g/mol. The van der Waals surface area contributed by atoms with Crippen molar-refractivity contribution in [3.63, 3.8) is 0 Å². The predicted octanol–water partition coefficient (Wildman–Crippen LogP) is 18.9. The van der Waals surface area contributed by atoms with Gasteiger partial charge >= 0.3 is 0 Å². The number of fused-ring (bicyclic) bond motifs is 27. The minimum atomic E-state index is -0.529. The van der Waals surface area contributed by atoms with Gasteiger partial charge in [-0.05, 0) is 153 Å². The van der Waals surface area contributed by atoms with Crippen LogP contribution in [0.5, 0.6) is 0 Å². The van der Waals surface area contributed by atoms with Crippen molar-refractivity contribution >= 4 is 43.6 Å². The summed E-state index contributed by atoms with van der Waals surface area (Å²) in [5, 5.41) is 29.0. The molecule has 0 radical (unpaired) electrons. The van der Waals surface area contributed by atoms with Gasteiger partial charge in [-0.3, -0.25) is 0 Å². The van der Waals surface area contributed by atoms with Crippen molar-refractivity contribution in [2.75, 3.05) is 0 Å². The van der Waals surface area contributed by atoms with Crippen LogP contribution < -0.4 is 0 Å². The fraction of sp³-hybridized carbons (Fsp3) is 0.139. The van der Waals surface area contributed by atoms with Gasteiger partial charge in [0, 0.05) is 21.5 Å². The molecule has 2 spiro atoms. The normalized spacial score (nSPS) is 16.5. The highest BCUT2D eigenvalue weighted by molar-refractivity contribution is 6.15. The van der Waals surface area contributed by atoms with E-state index in [1.807, 2.05) is 0 Å². The Morgan fingerprint density at radius 2 is 0.566 bits per heavy atom. The average Bonchev–Trinajstić information content (AvgIpc) is 1.93. The molecule has 4 heteroatoms. The van der Waals surface area contributed by atoms with Crippen molar-refractivity contribution in [1.82, 2.24) is 9.13 Å². The lowest BCUT2D eigenvalue weighted by Crippen LogP contribution is -2.42. The van der Waals surface area contributed by atoms with E-state index in [0.717, 1.165) is 66.1 Å². The SMILES string of the molecule is CC1(C)c2c(-n3c4ccccc4c4cc5c(cc43)-c3ccccc3C53c4ccccc4-c4ccccc43)c(C#N)c(C#N)c(-n3c4ccccc4c4cc5c(cc43)-c3ccccc3C53c4ccccc4-c4ccccc43)c2C(C)(C)C1(C)C. The molecule has 0 atom stereocenters. The zero-order valence-corrected chi connectivity index (χ0v) is 47.1. The van der Waals surface area contributed by atoms with E-state index in [9.17, 15) is 10.5 Å². The van der Waals surface area contributed by atoms with Crippen LogP contribution in [0.1, 0.15) is 108 Å². The molecule has 0 N–H and O–H groups in total. The number of hydrogen-bond donors (Lipinski definition) is 0. The minimum absolute atomic E-state index is 0.379. The van der Waals surface area contributed by atoms with Crippen LogP contribution in [0.15, 0.2) is 218 Å². The molecule has 83 heavy (non-hydrogen) atoms. The van der Waals surface area contributed by atoms with Gasteiger partial charge in [-0.15, -0.1) is 0 Å². The zero-order valence-electron chi connectivity index (χ0n) is 47.1. The highest BCUT2D eigenvalue weighted by Crippen LogP contribution is 2.68. The molecule has 11 aromatic carbocycles. The Morgan fingerprint density at radius 1 is 0.289 bits per heavy atom. The molecule has 5 aliphatic carbocycles. The Balaban J connectivity index is 0.973. The summed E-state index contributed by atoms with van der Waals surface area (Å²) in [5.41, 5.74) is 26.3. The van der Waals surface area contributed by atoms with E-state index in [-0.39, 0.29) is 5.41 Å². The Labute approximate surface area is 482 Å². The van der Waals surface area contributed by atoms with Crippen LogP contribution in [-0.4, -0.2) is 9.13 Å². The van der Waals surface area contributed by atoms with E-state index in [2.05, 4.69) is 281 Å². The molecule has 4 nitrogen and oxygen atoms in total. The van der Waals surface area contributed by atoms with E-state index in [1.54, 1.807) is 0 Å². The second-order valence-electron chi connectivity index (χ2n) is 25.6. The van der Waals surface area contributed by atoms with E-state index >= 15 is 0 Å². The number of nitriles is 2. The van der Waals surface area contributed by atoms with Crippen LogP contribution in [0.2, 0.25) is 0 Å². The molecule has 0 fully saturated rings. The molecule has 0 saturated heterocycles. The number of para-hydroxylation sites is 2. The smallest absolute Gasteiger partial charge is 0.103 e. The quantitative estimate of drug-likeness (QED) is 0.173. The first kappa shape index (κ1) is 46.7. The van der Waals surface area contributed by atoms with E-state index in [4.69, 9.17) is 0 Å². The average molecular weight is 1060 g/mol. The standard InChI is InChI=1S/C79H54N4/c1-75(2)71-72(76(3,4)77(75,5)6)74(83-68-38-22-14-30-52(68)56-40-66-54(42-70(56)83)50-28-12-20-36-64(50)79(66)61-33-17-9-25-47(61)48-26-10-18-34-62(48)79)58(44-81)57(43-80)73(71)82-67-37-21-13-29-51(67)55-39-65-53(41-69(55)82)49-27-11-19-35-63(49)78(65)59-31-15-7-23-45(59)46-24-8-16-32-60(46)78/h7-42H,1-6H3. The molecule has 18 rings (SSSR count). The molecule has 13 aromatic rings. The van der Waals surface area contributed by atoms with Crippen LogP contribution in [0.3, 0.4) is 0 Å². The summed E-state index contributed by atoms with van der Waals surface area (Å²) in [6.45, 7) is 14.3. The van der Waals surface area contributed by atoms with Gasteiger partial charge in [0.25, 0.3) is 0 Å². The molecular formula is C79H54N4. The van der Waals surface area contributed by atoms with E-state index in [0.29, 0.717) is 11.1 Å². The molecule has 2 heterocycles. The third kappa shape index (κ3) is 5.06. The van der Waals surface area contributed by atoms with Crippen molar-refractivity contribution in [3.05, 3.63) is 285 Å². The maximum absolute atomic E-state index is 12.3. The Morgan fingerprint density at radius 3 is 0.880 bits per heavy atom. The highest BCUT2D eigenvalue weighted by atomic mass is 15.0. The van der Waals surface area contributed by atoms with Crippen LogP contribution in [0.4, 0.5) is 0 Å². The van der Waals surface area contributed by atoms with E-state index in [1.165, 1.54) is 89.0 Å². The summed E-state index contributed by atoms with van der Waals surface area (Å²) in [7, 11) is 0. The molecule has 0 amide bonds. The third-order valence-corrected chi connectivity index (χ3v) is 22.1. The van der Waals surface area contributed by atoms with Crippen molar-refractivity contribution in [2.24, 2.45) is 5.41 Å². The summed E-state index contributed by atoms with van der Waals surface area (Å²) in [6.07, 6.45) is 0. The first-order valence-electron chi connectivity index (χ1n) is 29.2. The number of rotatable bonds is 2. The van der Waals surface area contributed by atoms with Gasteiger partial charge in [-0.2, -0.15) is 10.5 Å². The molecular weight excluding hydrogens is 1000 g/mol. The molecule has 5 aliphatic rings. The number of aromatic nitrogens is 2. The van der Waals surface area contributed by atoms with Gasteiger partial charge in [0.15, 0.2) is 0 Å². The van der Waals surface area contributed by atoms with Crippen molar-refractivity contribution in [3.8, 4) is 68.0 Å². The topological polar surface area (TPSA) is 57.4 Å². The molecule has 0 bridgehead atoms. The second kappa shape index (κ2) is 15.3. The van der Waals surface area contributed by atoms with Gasteiger partial charge in [0.1, 0.15) is 12.1 Å². The number of nitrogens with zero attached hydrogens (tertiary/aromatic N) is 4. The number of hydrogen-bond acceptors (Lipinski definition) is 2. The fourth-order valence-corrected chi connectivity index (χ4v) is 17.6. The van der Waals surface area contributed by atoms with Gasteiger partial charge in [0.05, 0.1) is 55.4 Å². The summed E-state index contributed by atoms with van der Waals surface area (Å²) < 4.78 is 4.78. The van der Waals surface area contributed by atoms with Crippen molar-refractivity contribution in [1.29, 1.82) is 10.5 Å². The minimum Gasteiger partial charge on any atom is -0.308 e. The molecule has 0 saturated carbocycles. The molecule has 0 aliphatic heterocycles. The Hall–Kier alpha value is -10.0. The van der Waals surface area contributed by atoms with Crippen molar-refractivity contribution in [2.45, 2.75) is 63.2 Å². The molecule has 0 unspecified atom stereocenters. The Bertz CT molecular complexity index is 4870. The van der Waals surface area contributed by atoms with Crippen molar-refractivity contribution < 1.29 is 0 Å². The zero-order chi connectivity index (χ0) is 55.8.